The Hall–Kier alpha value is -3.73. The molecule has 1 aromatic carbocycles. The molecule has 2 amide bonds. The second-order valence-corrected chi connectivity index (χ2v) is 8.22. The molecule has 0 spiro atoms. The van der Waals surface area contributed by atoms with Crippen LogP contribution in [0.5, 0.6) is 0 Å². The molecule has 0 saturated carbocycles. The molecular formula is C19H20N6O4S. The van der Waals surface area contributed by atoms with Gasteiger partial charge in [0.15, 0.2) is 5.82 Å². The number of benzene rings is 1. The highest BCUT2D eigenvalue weighted by Crippen LogP contribution is 2.22. The van der Waals surface area contributed by atoms with Crippen molar-refractivity contribution in [3.8, 4) is 5.82 Å². The van der Waals surface area contributed by atoms with Gasteiger partial charge in [-0.15, -0.1) is 0 Å². The predicted molar refractivity (Wildman–Crippen MR) is 112 cm³/mol. The van der Waals surface area contributed by atoms with E-state index >= 15 is 0 Å². The average molecular weight is 428 g/mol. The summed E-state index contributed by atoms with van der Waals surface area (Å²) >= 11 is 0. The van der Waals surface area contributed by atoms with E-state index in [-0.39, 0.29) is 23.7 Å². The molecular weight excluding hydrogens is 408 g/mol. The molecule has 0 saturated heterocycles. The Morgan fingerprint density at radius 2 is 1.93 bits per heavy atom. The molecule has 10 nitrogen and oxygen atoms in total. The van der Waals surface area contributed by atoms with Gasteiger partial charge < -0.3 is 10.6 Å². The summed E-state index contributed by atoms with van der Waals surface area (Å²) < 4.78 is 27.2. The van der Waals surface area contributed by atoms with Crippen molar-refractivity contribution >= 4 is 33.2 Å². The van der Waals surface area contributed by atoms with Crippen LogP contribution >= 0.6 is 0 Å². The van der Waals surface area contributed by atoms with Crippen molar-refractivity contribution in [3.05, 3.63) is 66.1 Å². The minimum atomic E-state index is -3.60. The molecule has 0 bridgehead atoms. The molecule has 0 aliphatic carbocycles. The maximum atomic E-state index is 12.8. The van der Waals surface area contributed by atoms with Gasteiger partial charge in [0.05, 0.1) is 17.5 Å². The molecule has 2 heterocycles. The minimum absolute atomic E-state index is 0.0769. The van der Waals surface area contributed by atoms with Crippen molar-refractivity contribution in [3.63, 3.8) is 0 Å². The van der Waals surface area contributed by atoms with Crippen molar-refractivity contribution in [2.75, 3.05) is 16.3 Å². The quantitative estimate of drug-likeness (QED) is 0.522. The van der Waals surface area contributed by atoms with E-state index in [9.17, 15) is 18.0 Å². The zero-order chi connectivity index (χ0) is 21.7. The summed E-state index contributed by atoms with van der Waals surface area (Å²) in [5.41, 5.74) is 1.33. The summed E-state index contributed by atoms with van der Waals surface area (Å²) in [5.74, 6) is -0.224. The number of aromatic nitrogens is 3. The number of pyridine rings is 1. The van der Waals surface area contributed by atoms with Crippen molar-refractivity contribution < 1.29 is 18.0 Å². The summed E-state index contributed by atoms with van der Waals surface area (Å²) in [7, 11) is -3.60. The molecule has 3 aromatic rings. The lowest BCUT2D eigenvalue weighted by atomic mass is 10.1. The Morgan fingerprint density at radius 1 is 1.13 bits per heavy atom. The zero-order valence-corrected chi connectivity index (χ0v) is 17.1. The first-order valence-corrected chi connectivity index (χ1v) is 10.7. The number of nitrogens with zero attached hydrogens (tertiary/aromatic N) is 3. The number of hydrogen-bond donors (Lipinski definition) is 3. The summed E-state index contributed by atoms with van der Waals surface area (Å²) in [6.45, 7) is 1.52. The van der Waals surface area contributed by atoms with Crippen LogP contribution in [0.3, 0.4) is 0 Å². The van der Waals surface area contributed by atoms with Crippen molar-refractivity contribution in [2.24, 2.45) is 0 Å². The fraction of sp³-hybridized carbons (Fsp3) is 0.158. The van der Waals surface area contributed by atoms with E-state index in [0.29, 0.717) is 11.5 Å². The third-order valence-electron chi connectivity index (χ3n) is 3.88. The predicted octanol–water partition coefficient (Wildman–Crippen LogP) is 1.53. The van der Waals surface area contributed by atoms with E-state index in [1.54, 1.807) is 41.5 Å². The van der Waals surface area contributed by atoms with Crippen LogP contribution in [0.2, 0.25) is 0 Å². The van der Waals surface area contributed by atoms with E-state index in [1.165, 1.54) is 25.1 Å². The normalized spacial score (nSPS) is 11.0. The molecule has 11 heteroatoms. The van der Waals surface area contributed by atoms with Crippen LogP contribution in [0.4, 0.5) is 11.4 Å². The van der Waals surface area contributed by atoms with Crippen LogP contribution in [-0.2, 0) is 21.4 Å². The first kappa shape index (κ1) is 21.0. The SMILES string of the molecule is CC(=O)Nc1ccc(NS(C)(=O)=O)c(C(=O)NCc2ccnc(-n3cccn3)c2)c1. The largest absolute Gasteiger partial charge is 0.348 e. The van der Waals surface area contributed by atoms with E-state index in [0.717, 1.165) is 11.8 Å². The van der Waals surface area contributed by atoms with Crippen LogP contribution in [-0.4, -0.2) is 41.3 Å². The van der Waals surface area contributed by atoms with Gasteiger partial charge in [0.2, 0.25) is 15.9 Å². The molecule has 30 heavy (non-hydrogen) atoms. The Balaban J connectivity index is 1.81. The molecule has 0 radical (unpaired) electrons. The molecule has 0 fully saturated rings. The fourth-order valence-electron chi connectivity index (χ4n) is 2.68. The van der Waals surface area contributed by atoms with Crippen molar-refractivity contribution in [1.29, 1.82) is 0 Å². The van der Waals surface area contributed by atoms with Gasteiger partial charge in [-0.1, -0.05) is 0 Å². The molecule has 0 atom stereocenters. The number of rotatable bonds is 7. The minimum Gasteiger partial charge on any atom is -0.348 e. The molecule has 0 unspecified atom stereocenters. The van der Waals surface area contributed by atoms with Gasteiger partial charge in [-0.2, -0.15) is 5.10 Å². The Labute approximate surface area is 173 Å². The number of anilines is 2. The van der Waals surface area contributed by atoms with E-state index in [2.05, 4.69) is 25.4 Å². The van der Waals surface area contributed by atoms with Gasteiger partial charge in [-0.25, -0.2) is 18.1 Å². The first-order valence-electron chi connectivity index (χ1n) is 8.84. The lowest BCUT2D eigenvalue weighted by molar-refractivity contribution is -0.114. The maximum absolute atomic E-state index is 12.8. The van der Waals surface area contributed by atoms with Crippen LogP contribution in [0.15, 0.2) is 55.0 Å². The Morgan fingerprint density at radius 3 is 2.60 bits per heavy atom. The lowest BCUT2D eigenvalue weighted by Crippen LogP contribution is -2.25. The van der Waals surface area contributed by atoms with Crippen LogP contribution in [0, 0.1) is 0 Å². The molecule has 0 aliphatic rings. The van der Waals surface area contributed by atoms with E-state index in [1.807, 2.05) is 0 Å². The molecule has 3 N–H and O–H groups in total. The van der Waals surface area contributed by atoms with Crippen LogP contribution in [0.1, 0.15) is 22.8 Å². The Bertz CT molecular complexity index is 1180. The second-order valence-electron chi connectivity index (χ2n) is 6.47. The highest BCUT2D eigenvalue weighted by Gasteiger charge is 2.16. The topological polar surface area (TPSA) is 135 Å². The maximum Gasteiger partial charge on any atom is 0.253 e. The monoisotopic (exact) mass is 428 g/mol. The van der Waals surface area contributed by atoms with Crippen molar-refractivity contribution in [2.45, 2.75) is 13.5 Å². The van der Waals surface area contributed by atoms with Crippen molar-refractivity contribution in [1.82, 2.24) is 20.1 Å². The van der Waals surface area contributed by atoms with E-state index < -0.39 is 15.9 Å². The molecule has 156 valence electrons. The molecule has 3 rings (SSSR count). The fourth-order valence-corrected chi connectivity index (χ4v) is 3.26. The Kier molecular flexibility index (Phi) is 6.11. The number of carbonyl (C=O) groups excluding carboxylic acids is 2. The smallest absolute Gasteiger partial charge is 0.253 e. The van der Waals surface area contributed by atoms with Gasteiger partial charge in [0.1, 0.15) is 0 Å². The average Bonchev–Trinajstić information content (AvgIpc) is 3.21. The number of nitrogens with one attached hydrogen (secondary N) is 3. The zero-order valence-electron chi connectivity index (χ0n) is 16.3. The number of carbonyl (C=O) groups is 2. The highest BCUT2D eigenvalue weighted by molar-refractivity contribution is 7.92. The number of amides is 2. The number of sulfonamides is 1. The molecule has 2 aromatic heterocycles. The third-order valence-corrected chi connectivity index (χ3v) is 4.47. The summed E-state index contributed by atoms with van der Waals surface area (Å²) in [4.78, 5) is 28.3. The lowest BCUT2D eigenvalue weighted by Gasteiger charge is -2.13. The second kappa shape index (κ2) is 8.74. The summed E-state index contributed by atoms with van der Waals surface area (Å²) in [5, 5.41) is 9.44. The standard InChI is InChI=1S/C19H20N6O4S/c1-13(26)23-15-4-5-17(24-30(2,28)29)16(11-15)19(27)21-12-14-6-8-20-18(10-14)25-9-3-7-22-25/h3-11,24H,12H2,1-2H3,(H,21,27)(H,23,26). The van der Waals surface area contributed by atoms with Crippen LogP contribution in [0.25, 0.3) is 5.82 Å². The first-order chi connectivity index (χ1) is 14.2. The number of hydrogen-bond acceptors (Lipinski definition) is 6. The van der Waals surface area contributed by atoms with Gasteiger partial charge in [-0.05, 0) is 42.0 Å². The van der Waals surface area contributed by atoms with Crippen LogP contribution < -0.4 is 15.4 Å². The third kappa shape index (κ3) is 5.64. The van der Waals surface area contributed by atoms with Gasteiger partial charge in [0.25, 0.3) is 5.91 Å². The summed E-state index contributed by atoms with van der Waals surface area (Å²) in [6, 6.07) is 9.63. The van der Waals surface area contributed by atoms with Gasteiger partial charge in [-0.3, -0.25) is 14.3 Å². The van der Waals surface area contributed by atoms with Gasteiger partial charge in [0, 0.05) is 37.7 Å². The highest BCUT2D eigenvalue weighted by atomic mass is 32.2. The summed E-state index contributed by atoms with van der Waals surface area (Å²) in [6.07, 6.45) is 5.98. The molecule has 0 aliphatic heterocycles. The van der Waals surface area contributed by atoms with E-state index in [4.69, 9.17) is 0 Å². The van der Waals surface area contributed by atoms with Gasteiger partial charge >= 0.3 is 0 Å².